The van der Waals surface area contributed by atoms with Crippen LogP contribution in [0.5, 0.6) is 0 Å². The number of hydrogen-bond donors (Lipinski definition) is 1. The Bertz CT molecular complexity index is 517. The number of hydrogen-bond acceptors (Lipinski definition) is 2. The third-order valence-corrected chi connectivity index (χ3v) is 3.59. The Morgan fingerprint density at radius 2 is 2.21 bits per heavy atom. The number of benzene rings is 1. The first-order valence-electron chi connectivity index (χ1n) is 6.16. The van der Waals surface area contributed by atoms with Crippen LogP contribution in [0.3, 0.4) is 0 Å². The van der Waals surface area contributed by atoms with Crippen molar-refractivity contribution >= 4 is 11.9 Å². The molecular formula is C14H16FNO3. The molecule has 1 saturated heterocycles. The Balaban J connectivity index is 2.01. The Labute approximate surface area is 110 Å². The fourth-order valence-electron chi connectivity index (χ4n) is 2.28. The molecule has 1 fully saturated rings. The molecule has 102 valence electrons. The van der Waals surface area contributed by atoms with Gasteiger partial charge in [-0.3, -0.25) is 9.59 Å². The molecule has 2 rings (SSSR count). The summed E-state index contributed by atoms with van der Waals surface area (Å²) in [5.74, 6) is -1.41. The second-order valence-electron chi connectivity index (χ2n) is 5.24. The lowest BCUT2D eigenvalue weighted by atomic mass is 9.90. The third kappa shape index (κ3) is 2.92. The number of carbonyl (C=O) groups is 2. The van der Waals surface area contributed by atoms with Gasteiger partial charge in [-0.25, -0.2) is 4.39 Å². The summed E-state index contributed by atoms with van der Waals surface area (Å²) in [6.07, 6.45) is 0.560. The summed E-state index contributed by atoms with van der Waals surface area (Å²) in [7, 11) is 0. The van der Waals surface area contributed by atoms with E-state index in [1.54, 1.807) is 24.0 Å². The molecular weight excluding hydrogens is 249 g/mol. The quantitative estimate of drug-likeness (QED) is 0.904. The van der Waals surface area contributed by atoms with Gasteiger partial charge in [0.25, 0.3) is 0 Å². The number of carboxylic acids is 1. The van der Waals surface area contributed by atoms with Crippen molar-refractivity contribution in [2.24, 2.45) is 5.41 Å². The van der Waals surface area contributed by atoms with Crippen molar-refractivity contribution in [3.05, 3.63) is 35.6 Å². The number of rotatable bonds is 3. The molecule has 1 aromatic rings. The predicted molar refractivity (Wildman–Crippen MR) is 67.0 cm³/mol. The maximum atomic E-state index is 13.0. The molecule has 4 nitrogen and oxygen atoms in total. The topological polar surface area (TPSA) is 57.6 Å². The smallest absolute Gasteiger partial charge is 0.311 e. The van der Waals surface area contributed by atoms with E-state index in [2.05, 4.69) is 0 Å². The summed E-state index contributed by atoms with van der Waals surface area (Å²) in [4.78, 5) is 24.7. The molecule has 1 heterocycles. The zero-order chi connectivity index (χ0) is 14.0. The summed E-state index contributed by atoms with van der Waals surface area (Å²) >= 11 is 0. The van der Waals surface area contributed by atoms with E-state index in [1.165, 1.54) is 12.1 Å². The van der Waals surface area contributed by atoms with E-state index in [4.69, 9.17) is 5.11 Å². The number of likely N-dealkylation sites (tertiary alicyclic amines) is 1. The molecule has 0 saturated carbocycles. The van der Waals surface area contributed by atoms with Crippen LogP contribution in [0.15, 0.2) is 24.3 Å². The van der Waals surface area contributed by atoms with Crippen LogP contribution in [0.4, 0.5) is 4.39 Å². The van der Waals surface area contributed by atoms with Gasteiger partial charge < -0.3 is 10.0 Å². The van der Waals surface area contributed by atoms with Crippen molar-refractivity contribution in [3.63, 3.8) is 0 Å². The molecule has 0 radical (unpaired) electrons. The molecule has 1 aliphatic rings. The highest BCUT2D eigenvalue weighted by molar-refractivity contribution is 5.81. The molecule has 0 aromatic heterocycles. The number of halogens is 1. The van der Waals surface area contributed by atoms with Crippen molar-refractivity contribution in [2.45, 2.75) is 19.8 Å². The van der Waals surface area contributed by atoms with Gasteiger partial charge in [0, 0.05) is 13.1 Å². The molecule has 0 bridgehead atoms. The number of carboxylic acid groups (broad SMARTS) is 1. The number of amides is 1. The second kappa shape index (κ2) is 4.99. The van der Waals surface area contributed by atoms with E-state index >= 15 is 0 Å². The fourth-order valence-corrected chi connectivity index (χ4v) is 2.28. The molecule has 1 amide bonds. The van der Waals surface area contributed by atoms with E-state index in [9.17, 15) is 14.0 Å². The molecule has 19 heavy (non-hydrogen) atoms. The van der Waals surface area contributed by atoms with Crippen LogP contribution in [0.2, 0.25) is 0 Å². The molecule has 1 aliphatic heterocycles. The lowest BCUT2D eigenvalue weighted by Gasteiger charge is -2.20. The minimum absolute atomic E-state index is 0.105. The molecule has 1 atom stereocenters. The molecule has 0 spiro atoms. The second-order valence-corrected chi connectivity index (χ2v) is 5.24. The van der Waals surface area contributed by atoms with E-state index in [-0.39, 0.29) is 24.7 Å². The maximum absolute atomic E-state index is 13.0. The summed E-state index contributed by atoms with van der Waals surface area (Å²) in [5, 5.41) is 9.11. The molecule has 1 unspecified atom stereocenters. The normalized spacial score (nSPS) is 22.5. The van der Waals surface area contributed by atoms with Crippen molar-refractivity contribution in [1.29, 1.82) is 0 Å². The lowest BCUT2D eigenvalue weighted by Crippen LogP contribution is -2.35. The van der Waals surface area contributed by atoms with Gasteiger partial charge in [-0.05, 0) is 31.0 Å². The van der Waals surface area contributed by atoms with Crippen LogP contribution in [0, 0.1) is 11.2 Å². The van der Waals surface area contributed by atoms with Crippen molar-refractivity contribution in [3.8, 4) is 0 Å². The zero-order valence-electron chi connectivity index (χ0n) is 10.7. The van der Waals surface area contributed by atoms with Gasteiger partial charge >= 0.3 is 5.97 Å². The average Bonchev–Trinajstić information content (AvgIpc) is 2.73. The van der Waals surface area contributed by atoms with Crippen LogP contribution < -0.4 is 0 Å². The largest absolute Gasteiger partial charge is 0.481 e. The van der Waals surface area contributed by atoms with Crippen LogP contribution in [0.25, 0.3) is 0 Å². The van der Waals surface area contributed by atoms with E-state index in [1.807, 2.05) is 0 Å². The first kappa shape index (κ1) is 13.5. The summed E-state index contributed by atoms with van der Waals surface area (Å²) in [6.45, 7) is 2.30. The Morgan fingerprint density at radius 3 is 2.79 bits per heavy atom. The first-order chi connectivity index (χ1) is 8.90. The fraction of sp³-hybridized carbons (Fsp3) is 0.429. The highest BCUT2D eigenvalue weighted by Crippen LogP contribution is 2.30. The standard InChI is InChI=1S/C14H16FNO3/c1-14(13(18)19)5-6-16(9-14)12(17)8-10-3-2-4-11(15)7-10/h2-4,7H,5-6,8-9H2,1H3,(H,18,19). The van der Waals surface area contributed by atoms with Gasteiger partial charge in [-0.1, -0.05) is 12.1 Å². The van der Waals surface area contributed by atoms with Crippen LogP contribution in [-0.4, -0.2) is 35.0 Å². The lowest BCUT2D eigenvalue weighted by molar-refractivity contribution is -0.147. The summed E-state index contributed by atoms with van der Waals surface area (Å²) < 4.78 is 13.0. The van der Waals surface area contributed by atoms with Gasteiger partial charge in [0.2, 0.25) is 5.91 Å². The average molecular weight is 265 g/mol. The number of carbonyl (C=O) groups excluding carboxylic acids is 1. The highest BCUT2D eigenvalue weighted by atomic mass is 19.1. The van der Waals surface area contributed by atoms with Crippen LogP contribution >= 0.6 is 0 Å². The first-order valence-corrected chi connectivity index (χ1v) is 6.16. The van der Waals surface area contributed by atoms with Gasteiger partial charge in [-0.2, -0.15) is 0 Å². The minimum atomic E-state index is -0.881. The van der Waals surface area contributed by atoms with Gasteiger partial charge in [0.1, 0.15) is 5.82 Å². The molecule has 5 heteroatoms. The van der Waals surface area contributed by atoms with E-state index in [0.717, 1.165) is 0 Å². The van der Waals surface area contributed by atoms with E-state index in [0.29, 0.717) is 18.5 Å². The molecule has 0 aliphatic carbocycles. The Morgan fingerprint density at radius 1 is 1.47 bits per heavy atom. The monoisotopic (exact) mass is 265 g/mol. The molecule has 1 N–H and O–H groups in total. The minimum Gasteiger partial charge on any atom is -0.481 e. The van der Waals surface area contributed by atoms with Crippen LogP contribution in [-0.2, 0) is 16.0 Å². The van der Waals surface area contributed by atoms with Gasteiger partial charge in [-0.15, -0.1) is 0 Å². The number of nitrogens with zero attached hydrogens (tertiary/aromatic N) is 1. The van der Waals surface area contributed by atoms with Crippen molar-refractivity contribution in [2.75, 3.05) is 13.1 Å². The number of aliphatic carboxylic acids is 1. The SMILES string of the molecule is CC1(C(=O)O)CCN(C(=O)Cc2cccc(F)c2)C1. The molecule has 1 aromatic carbocycles. The third-order valence-electron chi connectivity index (χ3n) is 3.59. The highest BCUT2D eigenvalue weighted by Gasteiger charge is 2.41. The zero-order valence-corrected chi connectivity index (χ0v) is 10.7. The van der Waals surface area contributed by atoms with Gasteiger partial charge in [0.15, 0.2) is 0 Å². The Kier molecular flexibility index (Phi) is 3.55. The predicted octanol–water partition coefficient (Wildman–Crippen LogP) is 1.69. The maximum Gasteiger partial charge on any atom is 0.311 e. The Hall–Kier alpha value is -1.91. The van der Waals surface area contributed by atoms with E-state index < -0.39 is 11.4 Å². The van der Waals surface area contributed by atoms with Crippen LogP contribution in [0.1, 0.15) is 18.9 Å². The van der Waals surface area contributed by atoms with Crippen molar-refractivity contribution in [1.82, 2.24) is 4.90 Å². The summed E-state index contributed by atoms with van der Waals surface area (Å²) in [6, 6.07) is 5.90. The van der Waals surface area contributed by atoms with Gasteiger partial charge in [0.05, 0.1) is 11.8 Å². The van der Waals surface area contributed by atoms with Crippen molar-refractivity contribution < 1.29 is 19.1 Å². The summed E-state index contributed by atoms with van der Waals surface area (Å²) in [5.41, 5.74) is -0.258.